The minimum Gasteiger partial charge on any atom is -0.393 e. The molecule has 0 radical (unpaired) electrons. The van der Waals surface area contributed by atoms with Crippen molar-refractivity contribution in [2.24, 2.45) is 0 Å². The van der Waals surface area contributed by atoms with Gasteiger partial charge in [-0.2, -0.15) is 0 Å². The van der Waals surface area contributed by atoms with E-state index < -0.39 is 0 Å². The van der Waals surface area contributed by atoms with E-state index in [4.69, 9.17) is 0 Å². The molecule has 0 bridgehead atoms. The molecule has 0 aliphatic rings. The minimum absolute atomic E-state index is 0.370. The van der Waals surface area contributed by atoms with Crippen LogP contribution in [0.5, 0.6) is 0 Å². The summed E-state index contributed by atoms with van der Waals surface area (Å²) in [6.07, 6.45) is 1.90. The van der Waals surface area contributed by atoms with Crippen LogP contribution >= 0.6 is 0 Å². The Balaban J connectivity index is 2.41. The van der Waals surface area contributed by atoms with Gasteiger partial charge in [0.15, 0.2) is 0 Å². The normalized spacial score (nSPS) is 13.0. The monoisotopic (exact) mass is 188 g/mol. The topological polar surface area (TPSA) is 46.0 Å². The molecule has 0 aliphatic heterocycles. The summed E-state index contributed by atoms with van der Waals surface area (Å²) >= 11 is 0. The van der Waals surface area contributed by atoms with Crippen LogP contribution in [-0.4, -0.2) is 21.2 Å². The van der Waals surface area contributed by atoms with Crippen LogP contribution in [0.2, 0.25) is 0 Å². The van der Waals surface area contributed by atoms with Crippen molar-refractivity contribution < 1.29 is 5.11 Å². The van der Waals surface area contributed by atoms with Crippen LogP contribution in [-0.2, 0) is 6.42 Å². The van der Waals surface area contributed by atoms with E-state index in [1.807, 2.05) is 24.3 Å². The first kappa shape index (κ1) is 9.09. The first-order valence-electron chi connectivity index (χ1n) is 4.64. The summed E-state index contributed by atoms with van der Waals surface area (Å²) in [6.45, 7) is 1.75. The van der Waals surface area contributed by atoms with Crippen molar-refractivity contribution in [1.82, 2.24) is 9.97 Å². The van der Waals surface area contributed by atoms with Crippen LogP contribution in [0.1, 0.15) is 12.6 Å². The fourth-order valence-corrected chi connectivity index (χ4v) is 1.40. The Morgan fingerprint density at radius 1 is 1.29 bits per heavy atom. The first-order chi connectivity index (χ1) is 6.75. The highest BCUT2D eigenvalue weighted by molar-refractivity contribution is 5.73. The van der Waals surface area contributed by atoms with Gasteiger partial charge in [-0.1, -0.05) is 12.1 Å². The van der Waals surface area contributed by atoms with Crippen LogP contribution in [0, 0.1) is 0 Å². The molecule has 72 valence electrons. The van der Waals surface area contributed by atoms with E-state index in [1.165, 1.54) is 0 Å². The lowest BCUT2D eigenvalue weighted by Gasteiger charge is -2.03. The largest absolute Gasteiger partial charge is 0.393 e. The van der Waals surface area contributed by atoms with Crippen LogP contribution in [0.15, 0.2) is 30.5 Å². The molecule has 0 saturated heterocycles. The number of rotatable bonds is 2. The maximum Gasteiger partial charge on any atom is 0.0890 e. The van der Waals surface area contributed by atoms with Crippen LogP contribution in [0.4, 0.5) is 0 Å². The van der Waals surface area contributed by atoms with Gasteiger partial charge in [0.1, 0.15) is 0 Å². The Bertz CT molecular complexity index is 440. The maximum absolute atomic E-state index is 9.21. The molecule has 0 spiro atoms. The number of hydrogen-bond donors (Lipinski definition) is 1. The number of nitrogens with zero attached hydrogens (tertiary/aromatic N) is 2. The summed E-state index contributed by atoms with van der Waals surface area (Å²) in [7, 11) is 0. The average molecular weight is 188 g/mol. The van der Waals surface area contributed by atoms with Crippen molar-refractivity contribution in [2.45, 2.75) is 19.4 Å². The van der Waals surface area contributed by atoms with E-state index in [2.05, 4.69) is 9.97 Å². The van der Waals surface area contributed by atoms with Gasteiger partial charge in [0.25, 0.3) is 0 Å². The van der Waals surface area contributed by atoms with Crippen molar-refractivity contribution in [3.05, 3.63) is 36.2 Å². The number of benzene rings is 1. The second kappa shape index (κ2) is 3.72. The molecule has 1 heterocycles. The predicted octanol–water partition coefficient (Wildman–Crippen LogP) is 1.55. The van der Waals surface area contributed by atoms with E-state index in [0.717, 1.165) is 16.7 Å². The molecule has 0 unspecified atom stereocenters. The maximum atomic E-state index is 9.21. The summed E-state index contributed by atoms with van der Waals surface area (Å²) in [5.74, 6) is 0. The zero-order chi connectivity index (χ0) is 9.97. The fourth-order valence-electron chi connectivity index (χ4n) is 1.40. The Hall–Kier alpha value is -1.48. The quantitative estimate of drug-likeness (QED) is 0.777. The molecule has 3 nitrogen and oxygen atoms in total. The molecule has 1 N–H and O–H groups in total. The molecule has 1 atom stereocenters. The van der Waals surface area contributed by atoms with E-state index in [0.29, 0.717) is 6.42 Å². The van der Waals surface area contributed by atoms with Crippen molar-refractivity contribution in [1.29, 1.82) is 0 Å². The van der Waals surface area contributed by atoms with E-state index >= 15 is 0 Å². The molecule has 2 rings (SSSR count). The third kappa shape index (κ3) is 1.88. The van der Waals surface area contributed by atoms with Gasteiger partial charge in [0, 0.05) is 12.6 Å². The fraction of sp³-hybridized carbons (Fsp3) is 0.273. The average Bonchev–Trinajstić information content (AvgIpc) is 2.17. The molecule has 1 aromatic carbocycles. The number of aromatic nitrogens is 2. The van der Waals surface area contributed by atoms with E-state index in [9.17, 15) is 5.11 Å². The molecule has 14 heavy (non-hydrogen) atoms. The predicted molar refractivity (Wildman–Crippen MR) is 54.9 cm³/mol. The molecule has 3 heteroatoms. The van der Waals surface area contributed by atoms with Crippen molar-refractivity contribution in [3.8, 4) is 0 Å². The summed E-state index contributed by atoms with van der Waals surface area (Å²) in [4.78, 5) is 8.65. The van der Waals surface area contributed by atoms with Gasteiger partial charge in [-0.25, -0.2) is 4.98 Å². The molecule has 0 fully saturated rings. The highest BCUT2D eigenvalue weighted by atomic mass is 16.3. The van der Waals surface area contributed by atoms with Gasteiger partial charge < -0.3 is 5.11 Å². The number of fused-ring (bicyclic) bond motifs is 1. The highest BCUT2D eigenvalue weighted by Gasteiger charge is 2.02. The second-order valence-corrected chi connectivity index (χ2v) is 3.40. The summed E-state index contributed by atoms with van der Waals surface area (Å²) < 4.78 is 0. The molecule has 0 aliphatic carbocycles. The van der Waals surface area contributed by atoms with Crippen molar-refractivity contribution in [2.75, 3.05) is 0 Å². The second-order valence-electron chi connectivity index (χ2n) is 3.40. The van der Waals surface area contributed by atoms with E-state index in [1.54, 1.807) is 13.1 Å². The smallest absolute Gasteiger partial charge is 0.0890 e. The Morgan fingerprint density at radius 2 is 2.00 bits per heavy atom. The summed E-state index contributed by atoms with van der Waals surface area (Å²) in [6, 6.07) is 7.72. The van der Waals surface area contributed by atoms with Gasteiger partial charge in [0.2, 0.25) is 0 Å². The Labute approximate surface area is 82.4 Å². The highest BCUT2D eigenvalue weighted by Crippen LogP contribution is 2.09. The van der Waals surface area contributed by atoms with Gasteiger partial charge in [0.05, 0.1) is 22.8 Å². The number of para-hydroxylation sites is 2. The first-order valence-corrected chi connectivity index (χ1v) is 4.64. The zero-order valence-electron chi connectivity index (χ0n) is 8.01. The standard InChI is InChI=1S/C11H12N2O/c1-8(14)6-9-7-12-10-4-2-3-5-11(10)13-9/h2-5,7-8,14H,6H2,1H3/t8-/m1/s1. The third-order valence-corrected chi connectivity index (χ3v) is 2.00. The number of hydrogen-bond acceptors (Lipinski definition) is 3. The van der Waals surface area contributed by atoms with Crippen molar-refractivity contribution in [3.63, 3.8) is 0 Å². The van der Waals surface area contributed by atoms with E-state index in [-0.39, 0.29) is 6.10 Å². The van der Waals surface area contributed by atoms with Gasteiger partial charge in [-0.3, -0.25) is 4.98 Å². The van der Waals surface area contributed by atoms with Crippen LogP contribution in [0.25, 0.3) is 11.0 Å². The van der Waals surface area contributed by atoms with Crippen molar-refractivity contribution >= 4 is 11.0 Å². The number of aliphatic hydroxyl groups excluding tert-OH is 1. The minimum atomic E-state index is -0.370. The van der Waals surface area contributed by atoms with Crippen LogP contribution in [0.3, 0.4) is 0 Å². The Kier molecular flexibility index (Phi) is 2.41. The SMILES string of the molecule is C[C@@H](O)Cc1cnc2ccccc2n1. The lowest BCUT2D eigenvalue weighted by molar-refractivity contribution is 0.194. The summed E-state index contributed by atoms with van der Waals surface area (Å²) in [5.41, 5.74) is 2.60. The lowest BCUT2D eigenvalue weighted by Crippen LogP contribution is -2.06. The Morgan fingerprint density at radius 3 is 2.71 bits per heavy atom. The van der Waals surface area contributed by atoms with Gasteiger partial charge >= 0.3 is 0 Å². The summed E-state index contributed by atoms with van der Waals surface area (Å²) in [5, 5.41) is 9.21. The van der Waals surface area contributed by atoms with Gasteiger partial charge in [-0.15, -0.1) is 0 Å². The molecular formula is C11H12N2O. The molecular weight excluding hydrogens is 176 g/mol. The molecule has 1 aromatic heterocycles. The lowest BCUT2D eigenvalue weighted by atomic mass is 10.2. The molecule has 0 amide bonds. The van der Waals surface area contributed by atoms with Crippen LogP contribution < -0.4 is 0 Å². The molecule has 0 saturated carbocycles. The molecule has 2 aromatic rings. The number of aliphatic hydroxyl groups is 1. The van der Waals surface area contributed by atoms with Gasteiger partial charge in [-0.05, 0) is 19.1 Å². The third-order valence-electron chi connectivity index (χ3n) is 2.00. The zero-order valence-corrected chi connectivity index (χ0v) is 8.01.